The van der Waals surface area contributed by atoms with E-state index in [0.717, 1.165) is 6.07 Å². The largest absolute Gasteiger partial charge is 0.380 e. The quantitative estimate of drug-likeness (QED) is 0.826. The molecule has 1 aromatic heterocycles. The number of aliphatic hydroxyl groups is 1. The van der Waals surface area contributed by atoms with E-state index in [-0.39, 0.29) is 5.56 Å². The lowest BCUT2D eigenvalue weighted by molar-refractivity contribution is 0.206. The van der Waals surface area contributed by atoms with E-state index in [1.165, 1.54) is 18.3 Å². The Morgan fingerprint density at radius 2 is 2.27 bits per heavy atom. The van der Waals surface area contributed by atoms with Gasteiger partial charge >= 0.3 is 0 Å². The van der Waals surface area contributed by atoms with Gasteiger partial charge < -0.3 is 10.1 Å². The zero-order chi connectivity index (χ0) is 10.8. The van der Waals surface area contributed by atoms with Crippen molar-refractivity contribution in [1.29, 1.82) is 0 Å². The molecule has 0 saturated carbocycles. The number of H-pyrrole nitrogens is 1. The maximum Gasteiger partial charge on any atom is 0.139 e. The zero-order valence-electron chi connectivity index (χ0n) is 7.61. The smallest absolute Gasteiger partial charge is 0.139 e. The molecular weight excluding hydrogens is 219 g/mol. The number of nitrogens with zero attached hydrogens (tertiary/aromatic N) is 1. The molecule has 1 atom stereocenters. The molecular formula is C10H8ClFN2O. The first-order valence-corrected chi connectivity index (χ1v) is 4.68. The van der Waals surface area contributed by atoms with Crippen LogP contribution < -0.4 is 0 Å². The summed E-state index contributed by atoms with van der Waals surface area (Å²) in [6.07, 6.45) is 1.95. The van der Waals surface area contributed by atoms with Crippen LogP contribution in [-0.4, -0.2) is 15.1 Å². The van der Waals surface area contributed by atoms with Crippen LogP contribution in [0.4, 0.5) is 4.39 Å². The summed E-state index contributed by atoms with van der Waals surface area (Å²) in [6, 6.07) is 4.11. The summed E-state index contributed by atoms with van der Waals surface area (Å²) < 4.78 is 13.4. The van der Waals surface area contributed by atoms with Crippen LogP contribution in [0.15, 0.2) is 30.6 Å². The monoisotopic (exact) mass is 226 g/mol. The predicted octanol–water partition coefficient (Wildman–Crippen LogP) is 2.28. The molecule has 0 fully saturated rings. The molecule has 15 heavy (non-hydrogen) atoms. The first-order valence-electron chi connectivity index (χ1n) is 4.31. The predicted molar refractivity (Wildman–Crippen MR) is 54.1 cm³/mol. The van der Waals surface area contributed by atoms with Gasteiger partial charge in [-0.15, -0.1) is 0 Å². The van der Waals surface area contributed by atoms with Crippen molar-refractivity contribution in [3.05, 3.63) is 52.8 Å². The fourth-order valence-corrected chi connectivity index (χ4v) is 1.46. The second kappa shape index (κ2) is 4.00. The lowest BCUT2D eigenvalue weighted by Gasteiger charge is -2.09. The molecule has 0 aliphatic heterocycles. The number of rotatable bonds is 2. The van der Waals surface area contributed by atoms with Crippen molar-refractivity contribution in [2.45, 2.75) is 6.10 Å². The van der Waals surface area contributed by atoms with Crippen LogP contribution in [0.1, 0.15) is 17.5 Å². The van der Waals surface area contributed by atoms with Crippen LogP contribution in [0, 0.1) is 5.82 Å². The van der Waals surface area contributed by atoms with Gasteiger partial charge in [0.05, 0.1) is 0 Å². The SMILES string of the molecule is OC(c1ncc[nH]1)c1ccc(Cl)cc1F. The lowest BCUT2D eigenvalue weighted by Crippen LogP contribution is -2.04. The number of aliphatic hydroxyl groups excluding tert-OH is 1. The van der Waals surface area contributed by atoms with Crippen molar-refractivity contribution in [3.8, 4) is 0 Å². The number of aromatic nitrogens is 2. The molecule has 5 heteroatoms. The molecule has 1 unspecified atom stereocenters. The average Bonchev–Trinajstić information content (AvgIpc) is 2.69. The van der Waals surface area contributed by atoms with Gasteiger partial charge in [0.1, 0.15) is 17.7 Å². The van der Waals surface area contributed by atoms with E-state index in [1.807, 2.05) is 0 Å². The van der Waals surface area contributed by atoms with Crippen LogP contribution in [0.3, 0.4) is 0 Å². The summed E-state index contributed by atoms with van der Waals surface area (Å²) in [7, 11) is 0. The van der Waals surface area contributed by atoms with Crippen molar-refractivity contribution in [1.82, 2.24) is 9.97 Å². The third kappa shape index (κ3) is 2.00. The topological polar surface area (TPSA) is 48.9 Å². The van der Waals surface area contributed by atoms with Crippen LogP contribution in [-0.2, 0) is 0 Å². The van der Waals surface area contributed by atoms with E-state index >= 15 is 0 Å². The summed E-state index contributed by atoms with van der Waals surface area (Å²) in [5.41, 5.74) is 0.148. The molecule has 0 spiro atoms. The minimum absolute atomic E-state index is 0.148. The van der Waals surface area contributed by atoms with Crippen molar-refractivity contribution in [3.63, 3.8) is 0 Å². The van der Waals surface area contributed by atoms with E-state index < -0.39 is 11.9 Å². The van der Waals surface area contributed by atoms with E-state index in [4.69, 9.17) is 11.6 Å². The van der Waals surface area contributed by atoms with Gasteiger partial charge in [0.2, 0.25) is 0 Å². The normalized spacial score (nSPS) is 12.7. The number of nitrogens with one attached hydrogen (secondary N) is 1. The summed E-state index contributed by atoms with van der Waals surface area (Å²) in [6.45, 7) is 0. The average molecular weight is 227 g/mol. The highest BCUT2D eigenvalue weighted by Gasteiger charge is 2.16. The minimum atomic E-state index is -1.10. The van der Waals surface area contributed by atoms with Crippen molar-refractivity contribution >= 4 is 11.6 Å². The van der Waals surface area contributed by atoms with Gasteiger partial charge in [-0.2, -0.15) is 0 Å². The van der Waals surface area contributed by atoms with Gasteiger partial charge in [-0.3, -0.25) is 0 Å². The van der Waals surface area contributed by atoms with Crippen LogP contribution in [0.25, 0.3) is 0 Å². The molecule has 0 bridgehead atoms. The number of hydrogen-bond donors (Lipinski definition) is 2. The van der Waals surface area contributed by atoms with E-state index in [2.05, 4.69) is 9.97 Å². The Hall–Kier alpha value is -1.39. The molecule has 0 saturated heterocycles. The highest BCUT2D eigenvalue weighted by molar-refractivity contribution is 6.30. The minimum Gasteiger partial charge on any atom is -0.380 e. The molecule has 0 amide bonds. The maximum absolute atomic E-state index is 13.4. The Morgan fingerprint density at radius 1 is 1.47 bits per heavy atom. The number of halogens is 2. The zero-order valence-corrected chi connectivity index (χ0v) is 8.37. The van der Waals surface area contributed by atoms with Crippen molar-refractivity contribution in [2.75, 3.05) is 0 Å². The van der Waals surface area contributed by atoms with E-state index in [0.29, 0.717) is 10.8 Å². The molecule has 1 heterocycles. The van der Waals surface area contributed by atoms with Gasteiger partial charge in [-0.1, -0.05) is 17.7 Å². The molecule has 2 rings (SSSR count). The molecule has 1 aromatic carbocycles. The second-order valence-corrected chi connectivity index (χ2v) is 3.48. The Morgan fingerprint density at radius 3 is 2.87 bits per heavy atom. The van der Waals surface area contributed by atoms with Gasteiger partial charge in [0, 0.05) is 23.0 Å². The summed E-state index contributed by atoms with van der Waals surface area (Å²) in [5.74, 6) is -0.248. The second-order valence-electron chi connectivity index (χ2n) is 3.04. The maximum atomic E-state index is 13.4. The Labute approximate surface area is 90.5 Å². The van der Waals surface area contributed by atoms with E-state index in [1.54, 1.807) is 6.20 Å². The first-order chi connectivity index (χ1) is 7.18. The van der Waals surface area contributed by atoms with Gasteiger partial charge in [0.15, 0.2) is 0 Å². The van der Waals surface area contributed by atoms with Crippen LogP contribution >= 0.6 is 11.6 Å². The standard InChI is InChI=1S/C10H8ClFN2O/c11-6-1-2-7(8(12)5-6)9(15)10-13-3-4-14-10/h1-5,9,15H,(H,13,14). The van der Waals surface area contributed by atoms with Gasteiger partial charge in [-0.25, -0.2) is 9.37 Å². The molecule has 0 aliphatic carbocycles. The van der Waals surface area contributed by atoms with Crippen LogP contribution in [0.5, 0.6) is 0 Å². The number of aromatic amines is 1. The molecule has 3 nitrogen and oxygen atoms in total. The highest BCUT2D eigenvalue weighted by Crippen LogP contribution is 2.23. The van der Waals surface area contributed by atoms with Gasteiger partial charge in [0.25, 0.3) is 0 Å². The molecule has 2 aromatic rings. The molecule has 2 N–H and O–H groups in total. The molecule has 0 radical (unpaired) electrons. The van der Waals surface area contributed by atoms with E-state index in [9.17, 15) is 9.50 Å². The fourth-order valence-electron chi connectivity index (χ4n) is 1.30. The summed E-state index contributed by atoms with van der Waals surface area (Å²) >= 11 is 5.60. The third-order valence-corrected chi connectivity index (χ3v) is 2.27. The fraction of sp³-hybridized carbons (Fsp3) is 0.100. The Bertz CT molecular complexity index is 458. The summed E-state index contributed by atoms with van der Waals surface area (Å²) in [5, 5.41) is 10.1. The van der Waals surface area contributed by atoms with Crippen molar-refractivity contribution < 1.29 is 9.50 Å². The first kappa shape index (κ1) is 10.1. The molecule has 0 aliphatic rings. The summed E-state index contributed by atoms with van der Waals surface area (Å²) in [4.78, 5) is 6.57. The number of imidazole rings is 1. The lowest BCUT2D eigenvalue weighted by atomic mass is 10.1. The van der Waals surface area contributed by atoms with Gasteiger partial charge in [-0.05, 0) is 12.1 Å². The Kier molecular flexibility index (Phi) is 2.70. The van der Waals surface area contributed by atoms with Crippen LogP contribution in [0.2, 0.25) is 5.02 Å². The van der Waals surface area contributed by atoms with Crippen molar-refractivity contribution in [2.24, 2.45) is 0 Å². The number of hydrogen-bond acceptors (Lipinski definition) is 2. The molecule has 78 valence electrons. The highest BCUT2D eigenvalue weighted by atomic mass is 35.5. The number of benzene rings is 1. The third-order valence-electron chi connectivity index (χ3n) is 2.04. The Balaban J connectivity index is 2.38.